The van der Waals surface area contributed by atoms with Crippen molar-refractivity contribution in [3.05, 3.63) is 67.5 Å². The summed E-state index contributed by atoms with van der Waals surface area (Å²) in [7, 11) is 0. The molecule has 2 aromatic carbocycles. The minimum Gasteiger partial charge on any atom is -1.00 e. The molecule has 0 atom stereocenters. The Hall–Kier alpha value is -0.461. The van der Waals surface area contributed by atoms with Gasteiger partial charge in [0.05, 0.1) is 12.1 Å². The number of halogens is 10. The minimum absolute atomic E-state index is 0. The molecule has 4 nitrogen and oxygen atoms in total. The van der Waals surface area contributed by atoms with E-state index >= 15 is 0 Å². The van der Waals surface area contributed by atoms with Crippen LogP contribution in [0.5, 0.6) is 0 Å². The van der Waals surface area contributed by atoms with E-state index < -0.39 is 23.3 Å². The van der Waals surface area contributed by atoms with Crippen LogP contribution in [-0.2, 0) is 0 Å². The Morgan fingerprint density at radius 2 is 0.815 bits per heavy atom. The summed E-state index contributed by atoms with van der Waals surface area (Å²) >= 11 is 10.7. The van der Waals surface area contributed by atoms with Gasteiger partial charge in [-0.25, -0.2) is 17.6 Å². The van der Waals surface area contributed by atoms with Gasteiger partial charge in [-0.15, -0.1) is 0 Å². The number of diazo groups is 2. The van der Waals surface area contributed by atoms with E-state index in [4.69, 9.17) is 34.0 Å². The number of benzene rings is 2. The van der Waals surface area contributed by atoms with Crippen molar-refractivity contribution in [1.29, 1.82) is 10.8 Å². The number of nitrogens with zero attached hydrogens (tertiary/aromatic N) is 4. The van der Waals surface area contributed by atoms with Crippen LogP contribution in [0.3, 0.4) is 0 Å². The molecular formula is C12H4Cl6F4N4Sn+2. The molecule has 0 radical (unpaired) electrons. The molecular weight excluding hydrogens is 608 g/mol. The fraction of sp³-hybridized carbons (Fsp3) is 0. The van der Waals surface area contributed by atoms with Gasteiger partial charge >= 0.3 is 35.3 Å². The van der Waals surface area contributed by atoms with Crippen LogP contribution in [-0.4, -0.2) is 23.9 Å². The maximum Gasteiger partial charge on any atom is 4.00 e. The zero-order chi connectivity index (χ0) is 16.9. The first-order valence-electron chi connectivity index (χ1n) is 5.29. The smallest absolute Gasteiger partial charge is 1.00 e. The topological polar surface area (TPSA) is 56.3 Å². The van der Waals surface area contributed by atoms with E-state index in [1.807, 2.05) is 0 Å². The van der Waals surface area contributed by atoms with Gasteiger partial charge in [-0.2, -0.15) is 0 Å². The first-order valence-corrected chi connectivity index (χ1v) is 6.05. The molecule has 27 heavy (non-hydrogen) atoms. The normalized spacial score (nSPS) is 7.56. The molecule has 0 amide bonds. The molecule has 0 saturated heterocycles. The van der Waals surface area contributed by atoms with Crippen LogP contribution < -0.4 is 49.6 Å². The van der Waals surface area contributed by atoms with Gasteiger partial charge in [0.15, 0.2) is 33.2 Å². The summed E-state index contributed by atoms with van der Waals surface area (Å²) in [6.07, 6.45) is 0. The predicted octanol–water partition coefficient (Wildman–Crippen LogP) is -6.16. The summed E-state index contributed by atoms with van der Waals surface area (Å²) in [4.78, 5) is 5.27. The predicted molar refractivity (Wildman–Crippen MR) is 78.0 cm³/mol. The Bertz CT molecular complexity index is 748. The van der Waals surface area contributed by atoms with Crippen molar-refractivity contribution in [3.8, 4) is 0 Å². The van der Waals surface area contributed by atoms with Gasteiger partial charge in [-0.05, 0) is 0 Å². The first-order chi connectivity index (χ1) is 10.3. The monoisotopic (exact) mass is 610 g/mol. The van der Waals surface area contributed by atoms with E-state index in [-0.39, 0.29) is 95.0 Å². The molecule has 0 fully saturated rings. The Morgan fingerprint density at radius 3 is 1.04 bits per heavy atom. The van der Waals surface area contributed by atoms with Crippen molar-refractivity contribution in [2.45, 2.75) is 0 Å². The van der Waals surface area contributed by atoms with Gasteiger partial charge in [0, 0.05) is 12.1 Å². The molecule has 2 aromatic rings. The van der Waals surface area contributed by atoms with Gasteiger partial charge in [0.25, 0.3) is 0 Å². The van der Waals surface area contributed by atoms with Crippen LogP contribution in [0.15, 0.2) is 24.3 Å². The number of rotatable bonds is 0. The average molecular weight is 612 g/mol. The Balaban J connectivity index is -0.000000101. The molecule has 0 bridgehead atoms. The second-order valence-electron chi connectivity index (χ2n) is 3.64. The fourth-order valence-corrected chi connectivity index (χ4v) is 1.55. The van der Waals surface area contributed by atoms with E-state index in [1.165, 1.54) is 0 Å². The standard InChI is InChI=1S/2C6H2ClF2N2.4ClH.Sn/c2*7-3-1-4(8)5(9)2-6(3)11-10;;;;;/h2*1-2H;4*1H;/q2*+1;;;;;+4/p-4. The van der Waals surface area contributed by atoms with Crippen molar-refractivity contribution in [2.24, 2.45) is 0 Å². The van der Waals surface area contributed by atoms with Crippen LogP contribution in [0.2, 0.25) is 10.0 Å². The van der Waals surface area contributed by atoms with Crippen molar-refractivity contribution >= 4 is 58.5 Å². The van der Waals surface area contributed by atoms with E-state index in [9.17, 15) is 17.6 Å². The third-order valence-electron chi connectivity index (χ3n) is 2.19. The zero-order valence-corrected chi connectivity index (χ0v) is 19.8. The SMILES string of the molecule is N#[N+]c1cc(F)c(F)cc1Cl.N#[N+]c1cc(F)c(F)cc1Cl.[Cl-].[Cl-].[Cl-].[Cl-].[Sn+4]. The molecule has 0 aliphatic rings. The minimum atomic E-state index is -1.10. The third kappa shape index (κ3) is 11.2. The van der Waals surface area contributed by atoms with Gasteiger partial charge < -0.3 is 49.6 Å². The Kier molecular flexibility index (Phi) is 24.4. The third-order valence-corrected chi connectivity index (χ3v) is 2.80. The van der Waals surface area contributed by atoms with Gasteiger partial charge in [-0.3, -0.25) is 0 Å². The van der Waals surface area contributed by atoms with Crippen LogP contribution in [0.25, 0.3) is 9.95 Å². The second-order valence-corrected chi connectivity index (χ2v) is 4.45. The Morgan fingerprint density at radius 1 is 0.593 bits per heavy atom. The van der Waals surface area contributed by atoms with E-state index in [0.717, 1.165) is 12.1 Å². The molecule has 0 saturated carbocycles. The largest absolute Gasteiger partial charge is 4.00 e. The molecule has 0 aliphatic heterocycles. The summed E-state index contributed by atoms with van der Waals surface area (Å²) in [6, 6.07) is 2.90. The van der Waals surface area contributed by atoms with E-state index in [1.54, 1.807) is 0 Å². The molecule has 0 unspecified atom stereocenters. The van der Waals surface area contributed by atoms with Crippen molar-refractivity contribution < 1.29 is 67.2 Å². The van der Waals surface area contributed by atoms with E-state index in [0.29, 0.717) is 12.1 Å². The van der Waals surface area contributed by atoms with Gasteiger partial charge in [0.1, 0.15) is 10.0 Å². The van der Waals surface area contributed by atoms with Crippen molar-refractivity contribution in [1.82, 2.24) is 0 Å². The van der Waals surface area contributed by atoms with Gasteiger partial charge in [-0.1, -0.05) is 23.2 Å². The van der Waals surface area contributed by atoms with Crippen LogP contribution >= 0.6 is 23.2 Å². The summed E-state index contributed by atoms with van der Waals surface area (Å²) in [5.74, 6) is -4.32. The molecule has 2 rings (SSSR count). The maximum atomic E-state index is 12.3. The van der Waals surface area contributed by atoms with Crippen LogP contribution in [0.1, 0.15) is 0 Å². The quantitative estimate of drug-likeness (QED) is 0.129. The maximum absolute atomic E-state index is 12.3. The molecule has 0 N–H and O–H groups in total. The number of hydrogen-bond acceptors (Lipinski definition) is 2. The van der Waals surface area contributed by atoms with Crippen molar-refractivity contribution in [2.75, 3.05) is 0 Å². The fourth-order valence-electron chi connectivity index (χ4n) is 1.18. The zero-order valence-electron chi connectivity index (χ0n) is 12.4. The summed E-state index contributed by atoms with van der Waals surface area (Å²) < 4.78 is 49.3. The number of hydrogen-bond donors (Lipinski definition) is 0. The average Bonchev–Trinajstić information content (AvgIpc) is 2.47. The van der Waals surface area contributed by atoms with Crippen molar-refractivity contribution in [3.63, 3.8) is 0 Å². The van der Waals surface area contributed by atoms with E-state index in [2.05, 4.69) is 9.95 Å². The summed E-state index contributed by atoms with van der Waals surface area (Å²) in [5, 5.41) is 16.1. The van der Waals surface area contributed by atoms with Gasteiger partial charge in [0.2, 0.25) is 10.8 Å². The molecule has 0 heterocycles. The molecule has 0 aliphatic carbocycles. The molecule has 0 spiro atoms. The first kappa shape index (κ1) is 37.3. The summed E-state index contributed by atoms with van der Waals surface area (Å²) in [6.45, 7) is 0. The Labute approximate surface area is 202 Å². The second kappa shape index (κ2) is 17.6. The van der Waals surface area contributed by atoms with Crippen LogP contribution in [0, 0.1) is 34.1 Å². The van der Waals surface area contributed by atoms with Crippen LogP contribution in [0.4, 0.5) is 28.9 Å². The molecule has 144 valence electrons. The molecule has 15 heteroatoms. The summed E-state index contributed by atoms with van der Waals surface area (Å²) in [5.41, 5.74) is -0.379. The molecule has 0 aromatic heterocycles.